The van der Waals surface area contributed by atoms with E-state index < -0.39 is 6.04 Å². The van der Waals surface area contributed by atoms with E-state index in [1.165, 1.54) is 33.9 Å². The first-order valence-electron chi connectivity index (χ1n) is 6.44. The maximum Gasteiger partial charge on any atom is 0.264 e. The fraction of sp³-hybridized carbons (Fsp3) is 0.214. The Morgan fingerprint density at radius 3 is 3.00 bits per heavy atom. The van der Waals surface area contributed by atoms with Crippen LogP contribution >= 0.6 is 0 Å². The molecule has 21 heavy (non-hydrogen) atoms. The molecule has 0 spiro atoms. The van der Waals surface area contributed by atoms with Crippen molar-refractivity contribution >= 4 is 11.0 Å². The van der Waals surface area contributed by atoms with Crippen LogP contribution in [0.25, 0.3) is 11.0 Å². The van der Waals surface area contributed by atoms with Crippen LogP contribution in [0.1, 0.15) is 11.6 Å². The molecule has 2 N–H and O–H groups in total. The molecule has 1 atom stereocenters. The van der Waals surface area contributed by atoms with Gasteiger partial charge in [0.15, 0.2) is 5.65 Å². The van der Waals surface area contributed by atoms with Gasteiger partial charge < -0.3 is 5.73 Å². The lowest BCUT2D eigenvalue weighted by Gasteiger charge is -2.13. The summed E-state index contributed by atoms with van der Waals surface area (Å²) in [4.78, 5) is 16.5. The van der Waals surface area contributed by atoms with Crippen LogP contribution in [0.15, 0.2) is 41.6 Å². The molecule has 7 heteroatoms. The number of nitrogens with two attached hydrogens (primary N) is 1. The summed E-state index contributed by atoms with van der Waals surface area (Å²) in [5, 5.41) is 4.44. The average Bonchev–Trinajstić information content (AvgIpc) is 2.84. The Morgan fingerprint density at radius 2 is 2.24 bits per heavy atom. The van der Waals surface area contributed by atoms with Gasteiger partial charge in [0.2, 0.25) is 0 Å². The van der Waals surface area contributed by atoms with Crippen LogP contribution in [-0.2, 0) is 13.6 Å². The number of hydrogen-bond donors (Lipinski definition) is 1. The van der Waals surface area contributed by atoms with Crippen molar-refractivity contribution in [3.8, 4) is 0 Å². The summed E-state index contributed by atoms with van der Waals surface area (Å²) in [7, 11) is 1.72. The molecule has 0 aliphatic rings. The first kappa shape index (κ1) is 13.4. The third kappa shape index (κ3) is 2.43. The molecule has 108 valence electrons. The lowest BCUT2D eigenvalue weighted by molar-refractivity contribution is 0.551. The van der Waals surface area contributed by atoms with Gasteiger partial charge in [0.05, 0.1) is 6.20 Å². The largest absolute Gasteiger partial charge is 0.322 e. The summed E-state index contributed by atoms with van der Waals surface area (Å²) in [6.45, 7) is 0.222. The Morgan fingerprint density at radius 1 is 1.43 bits per heavy atom. The topological polar surface area (TPSA) is 78.7 Å². The van der Waals surface area contributed by atoms with Crippen LogP contribution in [0.3, 0.4) is 0 Å². The van der Waals surface area contributed by atoms with E-state index in [2.05, 4.69) is 10.1 Å². The highest BCUT2D eigenvalue weighted by atomic mass is 19.1. The molecule has 0 radical (unpaired) electrons. The molecule has 0 saturated heterocycles. The van der Waals surface area contributed by atoms with Crippen LogP contribution in [0.5, 0.6) is 0 Å². The summed E-state index contributed by atoms with van der Waals surface area (Å²) in [6.07, 6.45) is 2.92. The molecule has 1 aromatic carbocycles. The lowest BCUT2D eigenvalue weighted by atomic mass is 10.1. The number of halogens is 1. The molecule has 2 heterocycles. The molecule has 3 rings (SSSR count). The number of aromatic nitrogens is 4. The number of hydrogen-bond acceptors (Lipinski definition) is 4. The normalized spacial score (nSPS) is 12.7. The fourth-order valence-electron chi connectivity index (χ4n) is 2.25. The van der Waals surface area contributed by atoms with Crippen LogP contribution in [0.4, 0.5) is 4.39 Å². The average molecular weight is 287 g/mol. The van der Waals surface area contributed by atoms with Crippen molar-refractivity contribution in [2.45, 2.75) is 12.6 Å². The number of aryl methyl sites for hydroxylation is 1. The zero-order chi connectivity index (χ0) is 15.0. The third-order valence-electron chi connectivity index (χ3n) is 3.39. The maximum atomic E-state index is 13.2. The van der Waals surface area contributed by atoms with Gasteiger partial charge in [-0.1, -0.05) is 12.1 Å². The van der Waals surface area contributed by atoms with Gasteiger partial charge in [-0.25, -0.2) is 9.37 Å². The highest BCUT2D eigenvalue weighted by Crippen LogP contribution is 2.13. The van der Waals surface area contributed by atoms with Crippen molar-refractivity contribution in [2.24, 2.45) is 12.8 Å². The van der Waals surface area contributed by atoms with E-state index in [1.807, 2.05) is 0 Å². The van der Waals surface area contributed by atoms with Gasteiger partial charge in [0.25, 0.3) is 5.56 Å². The Labute approximate surface area is 119 Å². The van der Waals surface area contributed by atoms with Crippen molar-refractivity contribution in [2.75, 3.05) is 0 Å². The van der Waals surface area contributed by atoms with Gasteiger partial charge >= 0.3 is 0 Å². The summed E-state index contributed by atoms with van der Waals surface area (Å²) in [6, 6.07) is 5.55. The summed E-state index contributed by atoms with van der Waals surface area (Å²) in [5.41, 5.74) is 6.99. The van der Waals surface area contributed by atoms with Gasteiger partial charge in [-0.2, -0.15) is 5.10 Å². The predicted molar refractivity (Wildman–Crippen MR) is 76.1 cm³/mol. The number of rotatable bonds is 3. The summed E-state index contributed by atoms with van der Waals surface area (Å²) >= 11 is 0. The van der Waals surface area contributed by atoms with Crippen molar-refractivity contribution in [3.63, 3.8) is 0 Å². The summed E-state index contributed by atoms with van der Waals surface area (Å²) < 4.78 is 16.2. The first-order chi connectivity index (χ1) is 10.1. The zero-order valence-electron chi connectivity index (χ0n) is 11.4. The van der Waals surface area contributed by atoms with Gasteiger partial charge in [0.1, 0.15) is 17.5 Å². The molecule has 3 aromatic rings. The third-order valence-corrected chi connectivity index (χ3v) is 3.39. The van der Waals surface area contributed by atoms with Crippen molar-refractivity contribution in [1.29, 1.82) is 0 Å². The lowest BCUT2D eigenvalue weighted by Crippen LogP contribution is -2.27. The highest BCUT2D eigenvalue weighted by Gasteiger charge is 2.12. The maximum absolute atomic E-state index is 13.2. The molecule has 0 fully saturated rings. The minimum Gasteiger partial charge on any atom is -0.322 e. The van der Waals surface area contributed by atoms with Crippen LogP contribution in [-0.4, -0.2) is 19.3 Å². The van der Waals surface area contributed by atoms with E-state index in [-0.39, 0.29) is 17.9 Å². The van der Waals surface area contributed by atoms with Crippen molar-refractivity contribution < 1.29 is 4.39 Å². The fourth-order valence-corrected chi connectivity index (χ4v) is 2.25. The number of nitrogens with zero attached hydrogens (tertiary/aromatic N) is 4. The van der Waals surface area contributed by atoms with E-state index in [4.69, 9.17) is 5.73 Å². The van der Waals surface area contributed by atoms with E-state index in [0.717, 1.165) is 0 Å². The second-order valence-corrected chi connectivity index (χ2v) is 4.87. The van der Waals surface area contributed by atoms with Gasteiger partial charge in [-0.15, -0.1) is 0 Å². The molecule has 6 nitrogen and oxygen atoms in total. The van der Waals surface area contributed by atoms with Gasteiger partial charge in [0, 0.05) is 19.6 Å². The Hall–Kier alpha value is -2.54. The molecular weight excluding hydrogens is 273 g/mol. The molecule has 1 unspecified atom stereocenters. The Bertz CT molecular complexity index is 854. The standard InChI is InChI=1S/C14H14FN5O/c1-19-13-11(6-18-19)14(21)20(8-17-13)7-12(16)9-3-2-4-10(15)5-9/h2-6,8,12H,7,16H2,1H3. The first-order valence-corrected chi connectivity index (χ1v) is 6.44. The van der Waals surface area contributed by atoms with Gasteiger partial charge in [-0.05, 0) is 17.7 Å². The Balaban J connectivity index is 1.95. The molecule has 0 aliphatic carbocycles. The molecule has 0 saturated carbocycles. The van der Waals surface area contributed by atoms with Crippen molar-refractivity contribution in [3.05, 3.63) is 58.5 Å². The van der Waals surface area contributed by atoms with Crippen molar-refractivity contribution in [1.82, 2.24) is 19.3 Å². The minimum absolute atomic E-state index is 0.208. The minimum atomic E-state index is -0.491. The van der Waals surface area contributed by atoms with Crippen LogP contribution in [0.2, 0.25) is 0 Å². The molecule has 0 bridgehead atoms. The predicted octanol–water partition coefficient (Wildman–Crippen LogP) is 0.969. The number of benzene rings is 1. The van der Waals surface area contributed by atoms with Crippen LogP contribution in [0, 0.1) is 5.82 Å². The monoisotopic (exact) mass is 287 g/mol. The SMILES string of the molecule is Cn1ncc2c(=O)n(CC(N)c3cccc(F)c3)cnc21. The van der Waals surface area contributed by atoms with E-state index in [1.54, 1.807) is 19.2 Å². The summed E-state index contributed by atoms with van der Waals surface area (Å²) in [5.74, 6) is -0.351. The van der Waals surface area contributed by atoms with Gasteiger partial charge in [-0.3, -0.25) is 14.0 Å². The molecule has 0 aliphatic heterocycles. The molecule has 0 amide bonds. The molecular formula is C14H14FN5O. The smallest absolute Gasteiger partial charge is 0.264 e. The zero-order valence-corrected chi connectivity index (χ0v) is 11.4. The molecule has 2 aromatic heterocycles. The Kier molecular flexibility index (Phi) is 3.26. The van der Waals surface area contributed by atoms with E-state index in [9.17, 15) is 9.18 Å². The van der Waals surface area contributed by atoms with Crippen LogP contribution < -0.4 is 11.3 Å². The van der Waals surface area contributed by atoms with E-state index >= 15 is 0 Å². The number of fused-ring (bicyclic) bond motifs is 1. The highest BCUT2D eigenvalue weighted by molar-refractivity contribution is 5.72. The second-order valence-electron chi connectivity index (χ2n) is 4.87. The van der Waals surface area contributed by atoms with E-state index in [0.29, 0.717) is 16.6 Å². The second kappa shape index (κ2) is 5.10. The quantitative estimate of drug-likeness (QED) is 0.778.